The average molecular weight is 425 g/mol. The van der Waals surface area contributed by atoms with E-state index in [1.807, 2.05) is 0 Å². The topological polar surface area (TPSA) is 18.5 Å². The molecule has 0 unspecified atom stereocenters. The molecule has 3 aliphatic carbocycles. The molecule has 1 aliphatic heterocycles. The quantitative estimate of drug-likeness (QED) is 0.453. The van der Waals surface area contributed by atoms with Crippen molar-refractivity contribution in [2.45, 2.75) is 96.7 Å². The van der Waals surface area contributed by atoms with Gasteiger partial charge in [-0.3, -0.25) is 0 Å². The lowest BCUT2D eigenvalue weighted by molar-refractivity contribution is -0.227. The van der Waals surface area contributed by atoms with Crippen LogP contribution in [0, 0.1) is 41.4 Å². The van der Waals surface area contributed by atoms with Crippen LogP contribution in [0.3, 0.4) is 0 Å². The molecule has 0 bridgehead atoms. The first-order chi connectivity index (χ1) is 14.6. The highest BCUT2D eigenvalue weighted by Gasteiger charge is 2.37. The summed E-state index contributed by atoms with van der Waals surface area (Å²) in [5.74, 6) is 5.26. The molecule has 0 radical (unpaired) electrons. The van der Waals surface area contributed by atoms with Gasteiger partial charge in [0, 0.05) is 11.8 Å². The third-order valence-corrected chi connectivity index (χ3v) is 8.94. The molecule has 1 heterocycles. The van der Waals surface area contributed by atoms with Gasteiger partial charge < -0.3 is 9.47 Å². The standard InChI is InChI=1S/C26H42F2O2/c1-18-16-29-26(30-17-18)24-13-11-23(12-14-24)22-9-7-21(8-10-22)20-5-2-19(3-6-20)4-15-25(27)28/h15,18-24,26H,2-14,16-17H2,1H3. The molecule has 0 amide bonds. The van der Waals surface area contributed by atoms with Gasteiger partial charge in [-0.1, -0.05) is 6.92 Å². The third kappa shape index (κ3) is 6.06. The number of rotatable bonds is 5. The van der Waals surface area contributed by atoms with Crippen LogP contribution in [-0.2, 0) is 9.47 Å². The lowest BCUT2D eigenvalue weighted by Crippen LogP contribution is -2.38. The van der Waals surface area contributed by atoms with Crippen LogP contribution in [0.15, 0.2) is 12.2 Å². The zero-order valence-electron chi connectivity index (χ0n) is 18.9. The first kappa shape index (κ1) is 22.7. The predicted molar refractivity (Wildman–Crippen MR) is 116 cm³/mol. The number of hydrogen-bond donors (Lipinski definition) is 0. The highest BCUT2D eigenvalue weighted by molar-refractivity contribution is 4.89. The summed E-state index contributed by atoms with van der Waals surface area (Å²) in [5.41, 5.74) is 0. The maximum absolute atomic E-state index is 12.3. The molecule has 0 aromatic heterocycles. The van der Waals surface area contributed by atoms with Crippen molar-refractivity contribution in [3.8, 4) is 0 Å². The summed E-state index contributed by atoms with van der Waals surface area (Å²) < 4.78 is 36.6. The van der Waals surface area contributed by atoms with E-state index in [9.17, 15) is 8.78 Å². The second-order valence-corrected chi connectivity index (χ2v) is 11.0. The second-order valence-electron chi connectivity index (χ2n) is 11.0. The lowest BCUT2D eigenvalue weighted by Gasteiger charge is -2.42. The van der Waals surface area contributed by atoms with Crippen LogP contribution in [-0.4, -0.2) is 19.5 Å². The maximum atomic E-state index is 12.3. The molecule has 0 N–H and O–H groups in total. The van der Waals surface area contributed by atoms with Gasteiger partial charge in [-0.15, -0.1) is 0 Å². The molecule has 2 nitrogen and oxygen atoms in total. The Morgan fingerprint density at radius 3 is 1.50 bits per heavy atom. The molecule has 3 saturated carbocycles. The number of allylic oxidation sites excluding steroid dienone is 1. The molecule has 0 atom stereocenters. The van der Waals surface area contributed by atoms with Crippen LogP contribution in [0.4, 0.5) is 8.78 Å². The van der Waals surface area contributed by atoms with Crippen LogP contribution >= 0.6 is 0 Å². The van der Waals surface area contributed by atoms with Gasteiger partial charge in [0.25, 0.3) is 6.08 Å². The van der Waals surface area contributed by atoms with Crippen molar-refractivity contribution in [2.75, 3.05) is 13.2 Å². The van der Waals surface area contributed by atoms with Crippen LogP contribution in [0.2, 0.25) is 0 Å². The Bertz CT molecular complexity index is 529. The Morgan fingerprint density at radius 1 is 0.667 bits per heavy atom. The predicted octanol–water partition coefficient (Wildman–Crippen LogP) is 7.59. The summed E-state index contributed by atoms with van der Waals surface area (Å²) in [5, 5.41) is 0. The fraction of sp³-hybridized carbons (Fsp3) is 0.923. The van der Waals surface area contributed by atoms with Crippen molar-refractivity contribution in [1.29, 1.82) is 0 Å². The normalized spacial score (nSPS) is 43.2. The van der Waals surface area contributed by atoms with E-state index >= 15 is 0 Å². The van der Waals surface area contributed by atoms with Crippen molar-refractivity contribution < 1.29 is 18.3 Å². The van der Waals surface area contributed by atoms with Crippen molar-refractivity contribution >= 4 is 0 Å². The Labute approximate surface area is 182 Å². The molecule has 4 rings (SSSR count). The fourth-order valence-electron chi connectivity index (χ4n) is 7.01. The zero-order chi connectivity index (χ0) is 20.9. The van der Waals surface area contributed by atoms with Crippen molar-refractivity contribution in [3.63, 3.8) is 0 Å². The number of halogens is 2. The Morgan fingerprint density at radius 2 is 1.07 bits per heavy atom. The monoisotopic (exact) mass is 424 g/mol. The van der Waals surface area contributed by atoms with Crippen molar-refractivity contribution in [1.82, 2.24) is 0 Å². The zero-order valence-corrected chi connectivity index (χ0v) is 18.9. The maximum Gasteiger partial charge on any atom is 0.266 e. The van der Waals surface area contributed by atoms with E-state index in [1.165, 1.54) is 64.2 Å². The summed E-state index contributed by atoms with van der Waals surface area (Å²) in [6.45, 7) is 3.92. The van der Waals surface area contributed by atoms with E-state index < -0.39 is 6.08 Å². The summed E-state index contributed by atoms with van der Waals surface area (Å²) in [7, 11) is 0. The minimum Gasteiger partial charge on any atom is -0.352 e. The van der Waals surface area contributed by atoms with Gasteiger partial charge in [0.2, 0.25) is 0 Å². The molecule has 4 heteroatoms. The van der Waals surface area contributed by atoms with Crippen LogP contribution in [0.1, 0.15) is 90.4 Å². The highest BCUT2D eigenvalue weighted by Crippen LogP contribution is 2.46. The molecule has 0 aromatic carbocycles. The SMILES string of the molecule is CC1COC(C2CCC(C3CCC(C4CCC(CC=C(F)F)CC4)CC3)CC2)OC1. The van der Waals surface area contributed by atoms with E-state index in [1.54, 1.807) is 0 Å². The molecular formula is C26H42F2O2. The minimum absolute atomic E-state index is 0.0601. The van der Waals surface area contributed by atoms with Crippen LogP contribution < -0.4 is 0 Å². The number of hydrogen-bond acceptors (Lipinski definition) is 2. The van der Waals surface area contributed by atoms with Gasteiger partial charge in [0.05, 0.1) is 13.2 Å². The Kier molecular flexibility index (Phi) is 8.25. The summed E-state index contributed by atoms with van der Waals surface area (Å²) in [6, 6.07) is 0. The molecule has 172 valence electrons. The highest BCUT2D eigenvalue weighted by atomic mass is 19.3. The van der Waals surface area contributed by atoms with Crippen LogP contribution in [0.5, 0.6) is 0 Å². The minimum atomic E-state index is -1.50. The number of ether oxygens (including phenoxy) is 2. The van der Waals surface area contributed by atoms with Crippen molar-refractivity contribution in [3.05, 3.63) is 12.2 Å². The third-order valence-electron chi connectivity index (χ3n) is 8.94. The molecule has 0 aromatic rings. The van der Waals surface area contributed by atoms with Gasteiger partial charge >= 0.3 is 0 Å². The smallest absolute Gasteiger partial charge is 0.266 e. The molecule has 30 heavy (non-hydrogen) atoms. The van der Waals surface area contributed by atoms with E-state index in [-0.39, 0.29) is 6.29 Å². The summed E-state index contributed by atoms with van der Waals surface area (Å²) in [4.78, 5) is 0. The lowest BCUT2D eigenvalue weighted by atomic mass is 9.65. The van der Waals surface area contributed by atoms with E-state index in [2.05, 4.69) is 6.92 Å². The molecule has 1 saturated heterocycles. The van der Waals surface area contributed by atoms with Gasteiger partial charge in [0.15, 0.2) is 6.29 Å². The van der Waals surface area contributed by atoms with Gasteiger partial charge in [0.1, 0.15) is 0 Å². The molecule has 0 spiro atoms. The Balaban J connectivity index is 1.14. The summed E-state index contributed by atoms with van der Waals surface area (Å²) >= 11 is 0. The molecule has 4 fully saturated rings. The van der Waals surface area contributed by atoms with Gasteiger partial charge in [-0.05, 0) is 119 Å². The van der Waals surface area contributed by atoms with Crippen molar-refractivity contribution in [2.24, 2.45) is 41.4 Å². The van der Waals surface area contributed by atoms with Gasteiger partial charge in [-0.2, -0.15) is 8.78 Å². The van der Waals surface area contributed by atoms with E-state index in [0.29, 0.717) is 24.2 Å². The van der Waals surface area contributed by atoms with Gasteiger partial charge in [-0.25, -0.2) is 0 Å². The largest absolute Gasteiger partial charge is 0.352 e. The first-order valence-corrected chi connectivity index (χ1v) is 12.8. The Hall–Kier alpha value is -0.480. The van der Waals surface area contributed by atoms with E-state index in [4.69, 9.17) is 9.47 Å². The first-order valence-electron chi connectivity index (χ1n) is 12.8. The fourth-order valence-corrected chi connectivity index (χ4v) is 7.01. The summed E-state index contributed by atoms with van der Waals surface area (Å²) in [6.07, 6.45) is 16.1. The van der Waals surface area contributed by atoms with E-state index in [0.717, 1.165) is 55.8 Å². The average Bonchev–Trinajstić information content (AvgIpc) is 2.79. The molecule has 4 aliphatic rings. The van der Waals surface area contributed by atoms with Crippen LogP contribution in [0.25, 0.3) is 0 Å². The molecular weight excluding hydrogens is 382 g/mol. The second kappa shape index (κ2) is 10.9.